The quantitative estimate of drug-likeness (QED) is 0.0234. The number of phenols is 1. The van der Waals surface area contributed by atoms with Crippen molar-refractivity contribution >= 4 is 137 Å². The highest BCUT2D eigenvalue weighted by atomic mass is 32.1. The number of H-pyrrole nitrogens is 1. The second kappa shape index (κ2) is 43.8. The zero-order valence-corrected chi connectivity index (χ0v) is 61.8. The Balaban J connectivity index is 1.34. The Morgan fingerprint density at radius 2 is 1.02 bits per heavy atom. The van der Waals surface area contributed by atoms with Crippen LogP contribution >= 0.6 is 25.3 Å². The van der Waals surface area contributed by atoms with Gasteiger partial charge in [0.05, 0.1) is 32.3 Å². The van der Waals surface area contributed by atoms with E-state index >= 15 is 0 Å². The number of aliphatic hydroxyl groups is 2. The number of hydrogen-bond donors (Lipinski definition) is 23. The fraction of sp³-hybridized carbons (Fsp3) is 0.537. The Kier molecular flexibility index (Phi) is 36.4. The lowest BCUT2D eigenvalue weighted by Crippen LogP contribution is -2.61. The Bertz CT molecular complexity index is 3730. The number of aromatic hydroxyl groups is 1. The Morgan fingerprint density at radius 3 is 1.58 bits per heavy atom. The number of carboxylic acid groups (broad SMARTS) is 3. The molecule has 0 unspecified atom stereocenters. The number of aliphatic hydroxyl groups excluding tert-OH is 2. The van der Waals surface area contributed by atoms with Gasteiger partial charge in [-0.3, -0.25) is 76.7 Å². The number of aliphatic carboxylic acids is 3. The van der Waals surface area contributed by atoms with E-state index in [4.69, 9.17) is 5.73 Å². The number of carbonyl (C=O) groups excluding carboxylic acids is 14. The van der Waals surface area contributed by atoms with Crippen molar-refractivity contribution in [3.63, 3.8) is 0 Å². The Morgan fingerprint density at radius 1 is 0.528 bits per heavy atom. The number of likely N-dealkylation sites (tertiary alicyclic amines) is 1. The third-order valence-electron chi connectivity index (χ3n) is 16.9. The van der Waals surface area contributed by atoms with E-state index in [0.717, 1.165) is 10.9 Å². The number of hydrogen-bond acceptors (Lipinski definition) is 23. The van der Waals surface area contributed by atoms with Gasteiger partial charge in [-0.2, -0.15) is 25.3 Å². The first-order valence-corrected chi connectivity index (χ1v) is 35.6. The number of nitrogens with zero attached hydrogens (tertiary/aromatic N) is 1. The molecular formula is C67H96N16O23S2. The van der Waals surface area contributed by atoms with Crippen LogP contribution in [0.1, 0.15) is 91.2 Å². The standard InChI is InChI=1S/C67H96N16O23S2/c1-31(2)54(65(103)75-41(18-20-52(92)93)58(96)79-45(29-107)61(99)76-42(22-35-13-15-37(86)16-14-35)59(97)78-44(28-84)60(98)82-55(32(3)4)67(105)106)81-50(89)26-70-48(87)25-71-56(94)33(5)73-57(95)40(17-19-51(90)91)74-49(88)27-72-63(101)47-12-9-21-83(47)66(104)43(23-36-24-69-39-11-8-7-10-38(36)39)77-62(100)46(30-108)80-64(102)53(68)34(6)85/h7-8,10-11,13-16,24,31-34,40-47,53-55,69,84-86,107-108H,9,12,17-23,25-30,68H2,1-6H3,(H,70,87)(H,71,94)(H,72,101)(H,73,95)(H,74,88)(H,75,103)(H,76,99)(H,77,100)(H,78,97)(H,79,96)(H,80,102)(H,81,89)(H,82,98)(H,90,91)(H,92,93)(H,105,106)/t33-,34+,40-,41-,42-,43-,44-,45-,46-,47-,53-,54-,55-/m0/s1. The predicted molar refractivity (Wildman–Crippen MR) is 388 cm³/mol. The van der Waals surface area contributed by atoms with Crippen LogP contribution in [0.4, 0.5) is 0 Å². The van der Waals surface area contributed by atoms with E-state index in [1.165, 1.54) is 70.7 Å². The average molecular weight is 1560 g/mol. The highest BCUT2D eigenvalue weighted by Gasteiger charge is 2.41. The first-order chi connectivity index (χ1) is 50.9. The van der Waals surface area contributed by atoms with E-state index in [2.05, 4.69) is 99.4 Å². The molecule has 594 valence electrons. The number of fused-ring (bicyclic) bond motifs is 1. The lowest BCUT2D eigenvalue weighted by molar-refractivity contribution is -0.144. The molecule has 41 heteroatoms. The van der Waals surface area contributed by atoms with Gasteiger partial charge in [0.15, 0.2) is 0 Å². The minimum atomic E-state index is -1.73. The van der Waals surface area contributed by atoms with E-state index in [1.54, 1.807) is 30.5 Å². The first-order valence-electron chi connectivity index (χ1n) is 34.3. The lowest BCUT2D eigenvalue weighted by Gasteiger charge is -2.30. The van der Waals surface area contributed by atoms with Crippen molar-refractivity contribution in [2.24, 2.45) is 17.6 Å². The number of aromatic amines is 1. The first kappa shape index (κ1) is 89.7. The number of benzene rings is 2. The van der Waals surface area contributed by atoms with Crippen molar-refractivity contribution < 1.29 is 112 Å². The van der Waals surface area contributed by atoms with E-state index in [9.17, 15) is 112 Å². The van der Waals surface area contributed by atoms with Gasteiger partial charge in [-0.1, -0.05) is 58.0 Å². The molecule has 22 N–H and O–H groups in total. The predicted octanol–water partition coefficient (Wildman–Crippen LogP) is -6.45. The van der Waals surface area contributed by atoms with Crippen molar-refractivity contribution in [3.05, 3.63) is 65.9 Å². The molecule has 2 heterocycles. The third kappa shape index (κ3) is 28.6. The van der Waals surface area contributed by atoms with Gasteiger partial charge in [0.1, 0.15) is 78.3 Å². The molecule has 39 nitrogen and oxygen atoms in total. The zero-order chi connectivity index (χ0) is 80.8. The van der Waals surface area contributed by atoms with Gasteiger partial charge in [-0.05, 0) is 80.7 Å². The summed E-state index contributed by atoms with van der Waals surface area (Å²) < 4.78 is 0. The average Bonchev–Trinajstić information content (AvgIpc) is 1.64. The Labute approximate surface area is 630 Å². The maximum absolute atomic E-state index is 14.5. The maximum atomic E-state index is 14.5. The second-order valence-electron chi connectivity index (χ2n) is 26.1. The molecule has 1 aromatic heterocycles. The fourth-order valence-corrected chi connectivity index (χ4v) is 11.3. The zero-order valence-electron chi connectivity index (χ0n) is 60.0. The van der Waals surface area contributed by atoms with Crippen molar-refractivity contribution in [2.75, 3.05) is 44.3 Å². The van der Waals surface area contributed by atoms with E-state index < -0.39 is 249 Å². The minimum absolute atomic E-state index is 0.0410. The van der Waals surface area contributed by atoms with Gasteiger partial charge >= 0.3 is 17.9 Å². The van der Waals surface area contributed by atoms with E-state index in [1.807, 2.05) is 0 Å². The molecular weight excluding hydrogens is 1460 g/mol. The molecule has 3 aromatic rings. The second-order valence-corrected chi connectivity index (χ2v) is 26.8. The minimum Gasteiger partial charge on any atom is -0.508 e. The summed E-state index contributed by atoms with van der Waals surface area (Å²) in [5.74, 6) is -20.1. The van der Waals surface area contributed by atoms with Gasteiger partial charge in [-0.25, -0.2) is 4.79 Å². The van der Waals surface area contributed by atoms with Gasteiger partial charge in [0.25, 0.3) is 0 Å². The lowest BCUT2D eigenvalue weighted by atomic mass is 10.0. The van der Waals surface area contributed by atoms with Crippen LogP contribution in [0.15, 0.2) is 54.7 Å². The van der Waals surface area contributed by atoms with Crippen LogP contribution in [0.5, 0.6) is 5.75 Å². The van der Waals surface area contributed by atoms with Gasteiger partial charge in [-0.15, -0.1) is 0 Å². The van der Waals surface area contributed by atoms with Crippen LogP contribution in [-0.2, 0) is 94.3 Å². The SMILES string of the molecule is CC(C)[C@H](NC(=O)[C@H](CO)NC(=O)[C@H](Cc1ccc(O)cc1)NC(=O)[C@H](CS)NC(=O)[C@H](CCC(=O)O)NC(=O)[C@@H](NC(=O)CNC(=O)CNC(=O)[C@H](C)NC(=O)[C@H](CCC(=O)O)NC(=O)CNC(=O)[C@@H]1CCCN1C(=O)[C@H](Cc1c[nH]c2ccccc12)NC(=O)[C@H](CS)NC(=O)[C@@H](N)[C@@H](C)O)C(C)C)C(=O)O. The number of carbonyl (C=O) groups is 17. The number of carboxylic acids is 3. The third-order valence-corrected chi connectivity index (χ3v) is 17.7. The number of aromatic nitrogens is 1. The highest BCUT2D eigenvalue weighted by Crippen LogP contribution is 2.24. The molecule has 14 amide bonds. The molecule has 13 atom stereocenters. The molecule has 0 radical (unpaired) electrons. The van der Waals surface area contributed by atoms with Crippen molar-refractivity contribution in [1.29, 1.82) is 0 Å². The summed E-state index contributed by atoms with van der Waals surface area (Å²) in [7, 11) is 0. The van der Waals surface area contributed by atoms with Crippen molar-refractivity contribution in [2.45, 2.75) is 172 Å². The maximum Gasteiger partial charge on any atom is 0.326 e. The number of nitrogens with one attached hydrogen (secondary N) is 14. The largest absolute Gasteiger partial charge is 0.508 e. The molecule has 4 rings (SSSR count). The summed E-state index contributed by atoms with van der Waals surface area (Å²) in [5, 5.41) is 89.6. The topological polar surface area (TPSA) is 613 Å². The van der Waals surface area contributed by atoms with Crippen LogP contribution in [0.2, 0.25) is 0 Å². The number of thiol groups is 2. The van der Waals surface area contributed by atoms with Crippen LogP contribution in [0, 0.1) is 11.8 Å². The monoisotopic (exact) mass is 1560 g/mol. The molecule has 1 saturated heterocycles. The molecule has 0 bridgehead atoms. The molecule has 108 heavy (non-hydrogen) atoms. The summed E-state index contributed by atoms with van der Waals surface area (Å²) >= 11 is 8.36. The highest BCUT2D eigenvalue weighted by molar-refractivity contribution is 7.80. The van der Waals surface area contributed by atoms with Crippen molar-refractivity contribution in [1.82, 2.24) is 79.0 Å². The molecule has 2 aromatic carbocycles. The number of nitrogens with two attached hydrogens (primary N) is 1. The van der Waals surface area contributed by atoms with E-state index in [0.29, 0.717) is 17.5 Å². The number of rotatable bonds is 44. The molecule has 0 spiro atoms. The summed E-state index contributed by atoms with van der Waals surface area (Å²) in [5.41, 5.74) is 7.45. The fourth-order valence-electron chi connectivity index (χ4n) is 10.8. The van der Waals surface area contributed by atoms with Gasteiger partial charge in [0.2, 0.25) is 82.7 Å². The van der Waals surface area contributed by atoms with Crippen LogP contribution in [0.25, 0.3) is 10.9 Å². The van der Waals surface area contributed by atoms with Crippen LogP contribution < -0.4 is 74.9 Å². The van der Waals surface area contributed by atoms with Gasteiger partial charge in [0, 0.05) is 60.8 Å². The van der Waals surface area contributed by atoms with Crippen LogP contribution in [0.3, 0.4) is 0 Å². The Hall–Kier alpha value is -10.7. The number of amides is 14. The smallest absolute Gasteiger partial charge is 0.326 e. The van der Waals surface area contributed by atoms with Crippen molar-refractivity contribution in [3.8, 4) is 5.75 Å². The van der Waals surface area contributed by atoms with E-state index in [-0.39, 0.29) is 37.3 Å². The molecule has 0 aliphatic carbocycles. The van der Waals surface area contributed by atoms with Gasteiger partial charge < -0.3 is 115 Å². The number of phenolic OH excluding ortho intramolecular Hbond substituents is 1. The normalized spacial score (nSPS) is 15.9. The molecule has 0 saturated carbocycles. The molecule has 1 aliphatic rings. The summed E-state index contributed by atoms with van der Waals surface area (Å²) in [6, 6.07) is -5.41. The van der Waals surface area contributed by atoms with Crippen LogP contribution in [-0.4, -0.2) is 264 Å². The molecule has 1 aliphatic heterocycles. The molecule has 1 fully saturated rings. The number of para-hydroxylation sites is 1. The summed E-state index contributed by atoms with van der Waals surface area (Å²) in [6.07, 6.45) is -2.10. The summed E-state index contributed by atoms with van der Waals surface area (Å²) in [4.78, 5) is 229. The summed E-state index contributed by atoms with van der Waals surface area (Å²) in [6.45, 7) is 5.02.